The molecule has 0 heterocycles. The predicted molar refractivity (Wildman–Crippen MR) is 88.4 cm³/mol. The summed E-state index contributed by atoms with van der Waals surface area (Å²) >= 11 is 0. The van der Waals surface area contributed by atoms with Crippen molar-refractivity contribution in [3.05, 3.63) is 70.8 Å². The van der Waals surface area contributed by atoms with Gasteiger partial charge >= 0.3 is 5.97 Å². The molecule has 2 aromatic rings. The molecule has 2 rings (SSSR count). The second-order valence-electron chi connectivity index (χ2n) is 5.26. The highest BCUT2D eigenvalue weighted by atomic mass is 32.2. The smallest absolute Gasteiger partial charge is 0.337 e. The standard InChI is InChI=1S/C17H19NO4S/c1-13-4-3-5-15(10-13)11-18-23(20,21)12-14-6-8-16(9-7-14)17(19)22-2/h3-10,18H,11-12H2,1-2H3. The Morgan fingerprint density at radius 3 is 2.39 bits per heavy atom. The number of ether oxygens (including phenoxy) is 1. The number of carbonyl (C=O) groups excluding carboxylic acids is 1. The van der Waals surface area contributed by atoms with Gasteiger partial charge in [0, 0.05) is 6.54 Å². The van der Waals surface area contributed by atoms with Crippen molar-refractivity contribution in [1.29, 1.82) is 0 Å². The topological polar surface area (TPSA) is 72.5 Å². The van der Waals surface area contributed by atoms with Gasteiger partial charge in [-0.2, -0.15) is 0 Å². The van der Waals surface area contributed by atoms with Gasteiger partial charge in [-0.25, -0.2) is 17.9 Å². The number of benzene rings is 2. The molecule has 0 aliphatic heterocycles. The molecule has 0 saturated carbocycles. The first-order valence-corrected chi connectivity index (χ1v) is 8.75. The molecule has 6 heteroatoms. The molecular weight excluding hydrogens is 314 g/mol. The van der Waals surface area contributed by atoms with Crippen LogP contribution >= 0.6 is 0 Å². The van der Waals surface area contributed by atoms with Crippen molar-refractivity contribution in [3.63, 3.8) is 0 Å². The van der Waals surface area contributed by atoms with Crippen LogP contribution in [0.4, 0.5) is 0 Å². The minimum Gasteiger partial charge on any atom is -0.465 e. The highest BCUT2D eigenvalue weighted by Gasteiger charge is 2.12. The number of nitrogens with one attached hydrogen (secondary N) is 1. The summed E-state index contributed by atoms with van der Waals surface area (Å²) in [5.41, 5.74) is 2.99. The molecule has 0 spiro atoms. The Labute approximate surface area is 136 Å². The van der Waals surface area contributed by atoms with Crippen LogP contribution in [0.3, 0.4) is 0 Å². The molecule has 0 amide bonds. The lowest BCUT2D eigenvalue weighted by Crippen LogP contribution is -2.24. The SMILES string of the molecule is COC(=O)c1ccc(CS(=O)(=O)NCc2cccc(C)c2)cc1. The van der Waals surface area contributed by atoms with Crippen molar-refractivity contribution in [2.75, 3.05) is 7.11 Å². The first-order valence-electron chi connectivity index (χ1n) is 7.10. The van der Waals surface area contributed by atoms with Gasteiger partial charge in [0.1, 0.15) is 0 Å². The number of methoxy groups -OCH3 is 1. The van der Waals surface area contributed by atoms with Crippen LogP contribution < -0.4 is 4.72 Å². The van der Waals surface area contributed by atoms with E-state index in [1.54, 1.807) is 24.3 Å². The lowest BCUT2D eigenvalue weighted by atomic mass is 10.1. The molecule has 0 bridgehead atoms. The van der Waals surface area contributed by atoms with E-state index >= 15 is 0 Å². The molecule has 0 aliphatic carbocycles. The number of aryl methyl sites for hydroxylation is 1. The molecule has 0 fully saturated rings. The van der Waals surface area contributed by atoms with Gasteiger partial charge in [0.15, 0.2) is 0 Å². The zero-order valence-electron chi connectivity index (χ0n) is 13.1. The van der Waals surface area contributed by atoms with Crippen LogP contribution in [0.5, 0.6) is 0 Å². The van der Waals surface area contributed by atoms with Crippen LogP contribution in [0.2, 0.25) is 0 Å². The second kappa shape index (κ2) is 7.39. The minimum absolute atomic E-state index is 0.139. The van der Waals surface area contributed by atoms with Crippen LogP contribution in [0, 0.1) is 6.92 Å². The third kappa shape index (κ3) is 5.19. The van der Waals surface area contributed by atoms with Crippen LogP contribution in [0.15, 0.2) is 48.5 Å². The van der Waals surface area contributed by atoms with Crippen molar-refractivity contribution in [1.82, 2.24) is 4.72 Å². The molecule has 23 heavy (non-hydrogen) atoms. The Kier molecular flexibility index (Phi) is 5.52. The average Bonchev–Trinajstić information content (AvgIpc) is 2.53. The largest absolute Gasteiger partial charge is 0.465 e. The summed E-state index contributed by atoms with van der Waals surface area (Å²) in [5.74, 6) is -0.586. The molecular formula is C17H19NO4S. The van der Waals surface area contributed by atoms with Crippen LogP contribution in [0.1, 0.15) is 27.0 Å². The molecule has 122 valence electrons. The highest BCUT2D eigenvalue weighted by Crippen LogP contribution is 2.10. The first kappa shape index (κ1) is 17.2. The Balaban J connectivity index is 1.99. The van der Waals surface area contributed by atoms with E-state index in [4.69, 9.17) is 0 Å². The van der Waals surface area contributed by atoms with Crippen molar-refractivity contribution in [3.8, 4) is 0 Å². The quantitative estimate of drug-likeness (QED) is 0.824. The number of rotatable bonds is 6. The van der Waals surface area contributed by atoms with E-state index in [1.165, 1.54) is 7.11 Å². The van der Waals surface area contributed by atoms with Gasteiger partial charge in [0.2, 0.25) is 10.0 Å². The van der Waals surface area contributed by atoms with E-state index in [2.05, 4.69) is 9.46 Å². The van der Waals surface area contributed by atoms with Crippen LogP contribution in [-0.2, 0) is 27.1 Å². The van der Waals surface area contributed by atoms with E-state index in [0.717, 1.165) is 11.1 Å². The van der Waals surface area contributed by atoms with Crippen molar-refractivity contribution in [2.45, 2.75) is 19.2 Å². The third-order valence-corrected chi connectivity index (χ3v) is 4.61. The molecule has 0 saturated heterocycles. The number of hydrogen-bond donors (Lipinski definition) is 1. The fourth-order valence-corrected chi connectivity index (χ4v) is 3.26. The van der Waals surface area contributed by atoms with E-state index in [-0.39, 0.29) is 12.3 Å². The Bertz CT molecular complexity index is 782. The fourth-order valence-electron chi connectivity index (χ4n) is 2.14. The number of hydrogen-bond acceptors (Lipinski definition) is 4. The molecule has 0 aliphatic rings. The first-order chi connectivity index (χ1) is 10.9. The summed E-state index contributed by atoms with van der Waals surface area (Å²) in [6.07, 6.45) is 0. The maximum absolute atomic E-state index is 12.1. The number of carbonyl (C=O) groups is 1. The number of sulfonamides is 1. The lowest BCUT2D eigenvalue weighted by molar-refractivity contribution is 0.0600. The second-order valence-corrected chi connectivity index (χ2v) is 7.06. The van der Waals surface area contributed by atoms with Gasteiger partial charge < -0.3 is 4.74 Å². The van der Waals surface area contributed by atoms with E-state index in [1.807, 2.05) is 31.2 Å². The summed E-state index contributed by atoms with van der Waals surface area (Å²) in [6, 6.07) is 14.0. The molecule has 1 N–H and O–H groups in total. The summed E-state index contributed by atoms with van der Waals surface area (Å²) in [6.45, 7) is 2.21. The van der Waals surface area contributed by atoms with Gasteiger partial charge in [0.05, 0.1) is 18.4 Å². The third-order valence-electron chi connectivity index (χ3n) is 3.31. The monoisotopic (exact) mass is 333 g/mol. The number of esters is 1. The maximum atomic E-state index is 12.1. The molecule has 0 radical (unpaired) electrons. The molecule has 5 nitrogen and oxygen atoms in total. The maximum Gasteiger partial charge on any atom is 0.337 e. The Morgan fingerprint density at radius 1 is 1.09 bits per heavy atom. The zero-order valence-corrected chi connectivity index (χ0v) is 13.9. The van der Waals surface area contributed by atoms with Crippen molar-refractivity contribution < 1.29 is 17.9 Å². The van der Waals surface area contributed by atoms with Gasteiger partial charge in [-0.15, -0.1) is 0 Å². The van der Waals surface area contributed by atoms with E-state index in [9.17, 15) is 13.2 Å². The Morgan fingerprint density at radius 2 is 1.78 bits per heavy atom. The predicted octanol–water partition coefficient (Wildman–Crippen LogP) is 2.40. The molecule has 2 aromatic carbocycles. The van der Waals surface area contributed by atoms with Crippen LogP contribution in [0.25, 0.3) is 0 Å². The van der Waals surface area contributed by atoms with Crippen molar-refractivity contribution in [2.24, 2.45) is 0 Å². The lowest BCUT2D eigenvalue weighted by Gasteiger charge is -2.08. The zero-order chi connectivity index (χ0) is 16.9. The van der Waals surface area contributed by atoms with Gasteiger partial charge in [0.25, 0.3) is 0 Å². The van der Waals surface area contributed by atoms with Gasteiger partial charge in [-0.1, -0.05) is 42.0 Å². The average molecular weight is 333 g/mol. The van der Waals surface area contributed by atoms with Crippen LogP contribution in [-0.4, -0.2) is 21.5 Å². The molecule has 0 unspecified atom stereocenters. The van der Waals surface area contributed by atoms with Crippen molar-refractivity contribution >= 4 is 16.0 Å². The normalized spacial score (nSPS) is 11.2. The fraction of sp³-hybridized carbons (Fsp3) is 0.235. The Hall–Kier alpha value is -2.18. The summed E-state index contributed by atoms with van der Waals surface area (Å²) < 4.78 is 31.4. The minimum atomic E-state index is -3.45. The summed E-state index contributed by atoms with van der Waals surface area (Å²) in [4.78, 5) is 11.3. The summed E-state index contributed by atoms with van der Waals surface area (Å²) in [5, 5.41) is 0. The van der Waals surface area contributed by atoms with E-state index < -0.39 is 16.0 Å². The summed E-state index contributed by atoms with van der Waals surface area (Å²) in [7, 11) is -2.15. The molecule has 0 atom stereocenters. The van der Waals surface area contributed by atoms with E-state index in [0.29, 0.717) is 11.1 Å². The molecule has 0 aromatic heterocycles. The van der Waals surface area contributed by atoms with Gasteiger partial charge in [-0.3, -0.25) is 0 Å². The van der Waals surface area contributed by atoms with Gasteiger partial charge in [-0.05, 0) is 30.2 Å². The highest BCUT2D eigenvalue weighted by molar-refractivity contribution is 7.88.